The fraction of sp³-hybridized carbons (Fsp3) is 0.143. The highest BCUT2D eigenvalue weighted by Gasteiger charge is 2.08. The molecule has 0 amide bonds. The molecule has 19 heavy (non-hydrogen) atoms. The van der Waals surface area contributed by atoms with Gasteiger partial charge in [0.25, 0.3) is 0 Å². The van der Waals surface area contributed by atoms with E-state index >= 15 is 0 Å². The highest BCUT2D eigenvalue weighted by Crippen LogP contribution is 2.30. The first-order valence-corrected chi connectivity index (χ1v) is 7.17. The Hall–Kier alpha value is -0.900. The van der Waals surface area contributed by atoms with Crippen LogP contribution in [0.4, 0.5) is 5.69 Å². The number of rotatable bonds is 4. The number of ether oxygens (including phenoxy) is 1. The number of halogens is 3. The van der Waals surface area contributed by atoms with Crippen LogP contribution in [0.5, 0.6) is 5.75 Å². The number of anilines is 1. The molecule has 2 rings (SSSR count). The molecule has 0 aliphatic rings. The molecule has 0 unspecified atom stereocenters. The lowest BCUT2D eigenvalue weighted by molar-refractivity contribution is 0.410. The van der Waals surface area contributed by atoms with Gasteiger partial charge in [-0.2, -0.15) is 0 Å². The van der Waals surface area contributed by atoms with Crippen molar-refractivity contribution in [3.05, 3.63) is 56.5 Å². The largest absolute Gasteiger partial charge is 0.496 e. The second kappa shape index (κ2) is 6.51. The van der Waals surface area contributed by atoms with E-state index in [0.717, 1.165) is 21.5 Å². The van der Waals surface area contributed by atoms with Crippen molar-refractivity contribution in [3.8, 4) is 5.75 Å². The zero-order valence-corrected chi connectivity index (χ0v) is 13.3. The molecule has 2 nitrogen and oxygen atoms in total. The first-order chi connectivity index (χ1) is 9.11. The van der Waals surface area contributed by atoms with Gasteiger partial charge in [0.05, 0.1) is 17.8 Å². The van der Waals surface area contributed by atoms with Crippen molar-refractivity contribution in [1.82, 2.24) is 0 Å². The van der Waals surface area contributed by atoms with Crippen molar-refractivity contribution < 1.29 is 4.74 Å². The third-order valence-electron chi connectivity index (χ3n) is 2.68. The molecular formula is C14H12BrCl2NO. The zero-order chi connectivity index (χ0) is 13.8. The molecule has 0 aliphatic heterocycles. The van der Waals surface area contributed by atoms with Crippen LogP contribution in [-0.2, 0) is 6.54 Å². The van der Waals surface area contributed by atoms with Gasteiger partial charge in [0, 0.05) is 21.6 Å². The van der Waals surface area contributed by atoms with Crippen LogP contribution in [0.2, 0.25) is 10.0 Å². The molecule has 0 atom stereocenters. The van der Waals surface area contributed by atoms with Crippen molar-refractivity contribution >= 4 is 44.8 Å². The first kappa shape index (κ1) is 14.5. The SMILES string of the molecule is COc1cccc(Cl)c1CNc1ccc(Br)cc1Cl. The Morgan fingerprint density at radius 2 is 1.95 bits per heavy atom. The van der Waals surface area contributed by atoms with Crippen LogP contribution >= 0.6 is 39.1 Å². The van der Waals surface area contributed by atoms with Crippen molar-refractivity contribution in [2.24, 2.45) is 0 Å². The van der Waals surface area contributed by atoms with E-state index in [0.29, 0.717) is 16.6 Å². The third-order valence-corrected chi connectivity index (χ3v) is 3.84. The average Bonchev–Trinajstić information content (AvgIpc) is 2.39. The van der Waals surface area contributed by atoms with Gasteiger partial charge in [0.15, 0.2) is 0 Å². The second-order valence-electron chi connectivity index (χ2n) is 3.90. The molecule has 2 aromatic carbocycles. The van der Waals surface area contributed by atoms with Gasteiger partial charge in [-0.15, -0.1) is 0 Å². The van der Waals surface area contributed by atoms with Crippen LogP contribution < -0.4 is 10.1 Å². The molecule has 0 spiro atoms. The molecule has 0 fully saturated rings. The fourth-order valence-corrected chi connectivity index (χ4v) is 2.69. The summed E-state index contributed by atoms with van der Waals surface area (Å²) in [4.78, 5) is 0. The maximum atomic E-state index is 6.18. The van der Waals surface area contributed by atoms with Crippen LogP contribution in [0.1, 0.15) is 5.56 Å². The van der Waals surface area contributed by atoms with E-state index in [-0.39, 0.29) is 0 Å². The van der Waals surface area contributed by atoms with Gasteiger partial charge >= 0.3 is 0 Å². The minimum absolute atomic E-state index is 0.546. The van der Waals surface area contributed by atoms with Crippen molar-refractivity contribution in [3.63, 3.8) is 0 Å². The molecule has 0 heterocycles. The topological polar surface area (TPSA) is 21.3 Å². The van der Waals surface area contributed by atoms with Gasteiger partial charge in [0.2, 0.25) is 0 Å². The van der Waals surface area contributed by atoms with E-state index in [2.05, 4.69) is 21.2 Å². The van der Waals surface area contributed by atoms with Gasteiger partial charge in [-0.25, -0.2) is 0 Å². The maximum absolute atomic E-state index is 6.18. The normalized spacial score (nSPS) is 10.3. The molecule has 1 N–H and O–H groups in total. The van der Waals surface area contributed by atoms with E-state index in [1.54, 1.807) is 7.11 Å². The Morgan fingerprint density at radius 1 is 1.16 bits per heavy atom. The molecule has 0 aliphatic carbocycles. The maximum Gasteiger partial charge on any atom is 0.125 e. The molecule has 100 valence electrons. The Morgan fingerprint density at radius 3 is 2.63 bits per heavy atom. The lowest BCUT2D eigenvalue weighted by Crippen LogP contribution is -2.03. The van der Waals surface area contributed by atoms with Gasteiger partial charge in [-0.05, 0) is 30.3 Å². The molecular weight excluding hydrogens is 349 g/mol. The minimum Gasteiger partial charge on any atom is -0.496 e. The molecule has 0 aromatic heterocycles. The van der Waals surface area contributed by atoms with E-state index in [4.69, 9.17) is 27.9 Å². The molecule has 2 aromatic rings. The van der Waals surface area contributed by atoms with Crippen molar-refractivity contribution in [1.29, 1.82) is 0 Å². The molecule has 0 saturated heterocycles. The van der Waals surface area contributed by atoms with Crippen LogP contribution in [-0.4, -0.2) is 7.11 Å². The summed E-state index contributed by atoms with van der Waals surface area (Å²) < 4.78 is 6.24. The molecule has 5 heteroatoms. The first-order valence-electron chi connectivity index (χ1n) is 5.62. The van der Waals surface area contributed by atoms with Crippen LogP contribution in [0.15, 0.2) is 40.9 Å². The summed E-state index contributed by atoms with van der Waals surface area (Å²) in [5, 5.41) is 4.57. The summed E-state index contributed by atoms with van der Waals surface area (Å²) in [5.74, 6) is 0.758. The van der Waals surface area contributed by atoms with E-state index < -0.39 is 0 Å². The highest BCUT2D eigenvalue weighted by atomic mass is 79.9. The summed E-state index contributed by atoms with van der Waals surface area (Å²) in [5.41, 5.74) is 1.76. The average molecular weight is 361 g/mol. The predicted octanol–water partition coefficient (Wildman–Crippen LogP) is 5.38. The van der Waals surface area contributed by atoms with Crippen molar-refractivity contribution in [2.75, 3.05) is 12.4 Å². The molecule has 0 bridgehead atoms. The second-order valence-corrected chi connectivity index (χ2v) is 5.63. The third kappa shape index (κ3) is 3.56. The lowest BCUT2D eigenvalue weighted by Gasteiger charge is -2.13. The van der Waals surface area contributed by atoms with Crippen LogP contribution in [0.25, 0.3) is 0 Å². The van der Waals surface area contributed by atoms with E-state index in [9.17, 15) is 0 Å². The lowest BCUT2D eigenvalue weighted by atomic mass is 10.2. The van der Waals surface area contributed by atoms with Gasteiger partial charge in [-0.1, -0.05) is 45.2 Å². The Kier molecular flexibility index (Phi) is 4.97. The number of benzene rings is 2. The molecule has 0 saturated carbocycles. The molecule has 0 radical (unpaired) electrons. The fourth-order valence-electron chi connectivity index (χ4n) is 1.72. The summed E-state index contributed by atoms with van der Waals surface area (Å²) in [6, 6.07) is 11.3. The quantitative estimate of drug-likeness (QED) is 0.790. The minimum atomic E-state index is 0.546. The Labute approximate surface area is 130 Å². The summed E-state index contributed by atoms with van der Waals surface area (Å²) in [6.45, 7) is 0.546. The van der Waals surface area contributed by atoms with Gasteiger partial charge < -0.3 is 10.1 Å². The predicted molar refractivity (Wildman–Crippen MR) is 84.5 cm³/mol. The van der Waals surface area contributed by atoms with E-state index in [1.165, 1.54) is 0 Å². The van der Waals surface area contributed by atoms with Crippen LogP contribution in [0, 0.1) is 0 Å². The van der Waals surface area contributed by atoms with Crippen LogP contribution in [0.3, 0.4) is 0 Å². The number of hydrogen-bond acceptors (Lipinski definition) is 2. The number of methoxy groups -OCH3 is 1. The summed E-state index contributed by atoms with van der Waals surface area (Å²) >= 11 is 15.7. The zero-order valence-electron chi connectivity index (χ0n) is 10.2. The van der Waals surface area contributed by atoms with Gasteiger partial charge in [-0.3, -0.25) is 0 Å². The Balaban J connectivity index is 2.19. The highest BCUT2D eigenvalue weighted by molar-refractivity contribution is 9.10. The smallest absolute Gasteiger partial charge is 0.125 e. The van der Waals surface area contributed by atoms with Crippen molar-refractivity contribution in [2.45, 2.75) is 6.54 Å². The number of hydrogen-bond donors (Lipinski definition) is 1. The van der Waals surface area contributed by atoms with Gasteiger partial charge in [0.1, 0.15) is 5.75 Å². The van der Waals surface area contributed by atoms with E-state index in [1.807, 2.05) is 36.4 Å². The summed E-state index contributed by atoms with van der Waals surface area (Å²) in [6.07, 6.45) is 0. The summed E-state index contributed by atoms with van der Waals surface area (Å²) in [7, 11) is 1.63. The Bertz CT molecular complexity index is 590. The monoisotopic (exact) mass is 359 g/mol. The number of nitrogens with one attached hydrogen (secondary N) is 1. The standard InChI is InChI=1S/C14H12BrCl2NO/c1-19-14-4-2-3-11(16)10(14)8-18-13-6-5-9(15)7-12(13)17/h2-7,18H,8H2,1H3.